The van der Waals surface area contributed by atoms with Crippen LogP contribution in [0.2, 0.25) is 0 Å². The first-order valence-corrected chi connectivity index (χ1v) is 8.26. The van der Waals surface area contributed by atoms with Gasteiger partial charge in [-0.1, -0.05) is 30.4 Å². The van der Waals surface area contributed by atoms with Crippen LogP contribution < -0.4 is 4.90 Å². The Morgan fingerprint density at radius 1 is 1.21 bits per heavy atom. The average Bonchev–Trinajstić information content (AvgIpc) is 3.24. The smallest absolute Gasteiger partial charge is 0.310 e. The highest BCUT2D eigenvalue weighted by Crippen LogP contribution is 2.43. The monoisotopic (exact) mass is 324 g/mol. The Morgan fingerprint density at radius 3 is 2.62 bits per heavy atom. The third-order valence-electron chi connectivity index (χ3n) is 4.74. The van der Waals surface area contributed by atoms with Gasteiger partial charge >= 0.3 is 5.97 Å². The van der Waals surface area contributed by atoms with Crippen LogP contribution in [0, 0.1) is 29.1 Å². The van der Waals surface area contributed by atoms with Crippen LogP contribution in [-0.2, 0) is 14.3 Å². The third-order valence-corrected chi connectivity index (χ3v) is 4.74. The molecule has 1 aromatic carbocycles. The number of hydrogen-bond acceptors (Lipinski definition) is 4. The molecule has 1 saturated carbocycles. The maximum absolute atomic E-state index is 12.5. The Balaban J connectivity index is 1.58. The number of carbonyl (C=O) groups is 2. The van der Waals surface area contributed by atoms with E-state index in [2.05, 4.69) is 12.2 Å². The molecule has 124 valence electrons. The van der Waals surface area contributed by atoms with Crippen LogP contribution in [0.4, 0.5) is 5.69 Å². The van der Waals surface area contributed by atoms with Crippen LogP contribution in [-0.4, -0.2) is 25.0 Å². The zero-order chi connectivity index (χ0) is 16.9. The molecule has 1 fully saturated rings. The van der Waals surface area contributed by atoms with E-state index in [0.717, 1.165) is 12.8 Å². The van der Waals surface area contributed by atoms with Gasteiger partial charge in [0.25, 0.3) is 5.91 Å². The SMILES string of the molecule is N#CCCN(C(=O)COC(=O)C1CC2C=CC1C2)c1ccccc1. The average molecular weight is 324 g/mol. The maximum Gasteiger partial charge on any atom is 0.310 e. The summed E-state index contributed by atoms with van der Waals surface area (Å²) in [7, 11) is 0. The highest BCUT2D eigenvalue weighted by atomic mass is 16.5. The summed E-state index contributed by atoms with van der Waals surface area (Å²) in [4.78, 5) is 26.2. The van der Waals surface area contributed by atoms with Crippen LogP contribution >= 0.6 is 0 Å². The number of anilines is 1. The summed E-state index contributed by atoms with van der Waals surface area (Å²) >= 11 is 0. The highest BCUT2D eigenvalue weighted by molar-refractivity contribution is 5.95. The van der Waals surface area contributed by atoms with Crippen molar-refractivity contribution in [3.63, 3.8) is 0 Å². The molecule has 2 bridgehead atoms. The summed E-state index contributed by atoms with van der Waals surface area (Å²) in [6, 6.07) is 11.2. The van der Waals surface area contributed by atoms with Crippen LogP contribution in [0.15, 0.2) is 42.5 Å². The van der Waals surface area contributed by atoms with E-state index in [1.807, 2.05) is 24.3 Å². The molecule has 0 radical (unpaired) electrons. The molecule has 0 saturated heterocycles. The van der Waals surface area contributed by atoms with Crippen molar-refractivity contribution in [3.05, 3.63) is 42.5 Å². The summed E-state index contributed by atoms with van der Waals surface area (Å²) < 4.78 is 5.28. The topological polar surface area (TPSA) is 70.4 Å². The first-order chi connectivity index (χ1) is 11.7. The van der Waals surface area contributed by atoms with Crippen molar-refractivity contribution in [1.29, 1.82) is 5.26 Å². The number of nitriles is 1. The molecule has 0 N–H and O–H groups in total. The Morgan fingerprint density at radius 2 is 2.00 bits per heavy atom. The fraction of sp³-hybridized carbons (Fsp3) is 0.421. The number of allylic oxidation sites excluding steroid dienone is 2. The van der Waals surface area contributed by atoms with Crippen LogP contribution in [0.5, 0.6) is 0 Å². The van der Waals surface area contributed by atoms with Gasteiger partial charge in [0, 0.05) is 12.2 Å². The summed E-state index contributed by atoms with van der Waals surface area (Å²) in [5.74, 6) is 0.0511. The van der Waals surface area contributed by atoms with Crippen molar-refractivity contribution in [2.24, 2.45) is 17.8 Å². The number of esters is 1. The Hall–Kier alpha value is -2.61. The molecule has 1 amide bonds. The van der Waals surface area contributed by atoms with Crippen molar-refractivity contribution in [2.75, 3.05) is 18.1 Å². The lowest BCUT2D eigenvalue weighted by atomic mass is 9.94. The third kappa shape index (κ3) is 3.48. The largest absolute Gasteiger partial charge is 0.455 e. The second-order valence-electron chi connectivity index (χ2n) is 6.28. The second kappa shape index (κ2) is 7.31. The lowest BCUT2D eigenvalue weighted by Gasteiger charge is -2.22. The van der Waals surface area contributed by atoms with Crippen molar-refractivity contribution in [2.45, 2.75) is 19.3 Å². The molecule has 1 aromatic rings. The molecule has 2 aliphatic carbocycles. The minimum Gasteiger partial charge on any atom is -0.455 e. The maximum atomic E-state index is 12.5. The van der Waals surface area contributed by atoms with Crippen molar-refractivity contribution in [1.82, 2.24) is 0 Å². The van der Waals surface area contributed by atoms with E-state index in [-0.39, 0.29) is 43.3 Å². The second-order valence-corrected chi connectivity index (χ2v) is 6.28. The van der Waals surface area contributed by atoms with Crippen LogP contribution in [0.3, 0.4) is 0 Å². The van der Waals surface area contributed by atoms with Gasteiger partial charge in [-0.3, -0.25) is 9.59 Å². The molecule has 0 aromatic heterocycles. The number of benzene rings is 1. The van der Waals surface area contributed by atoms with E-state index >= 15 is 0 Å². The summed E-state index contributed by atoms with van der Waals surface area (Å²) in [6.45, 7) is 0.00448. The molecule has 3 unspecified atom stereocenters. The Labute approximate surface area is 141 Å². The molecule has 0 spiro atoms. The fourth-order valence-electron chi connectivity index (χ4n) is 3.54. The standard InChI is InChI=1S/C19H20N2O3/c20-9-4-10-21(16-5-2-1-3-6-16)18(22)13-24-19(23)17-12-14-7-8-15(17)11-14/h1-3,5-8,14-15,17H,4,10-13H2. The minimum atomic E-state index is -0.302. The number of nitrogens with zero attached hydrogens (tertiary/aromatic N) is 2. The molecule has 2 aliphatic rings. The van der Waals surface area contributed by atoms with Gasteiger partial charge in [-0.2, -0.15) is 5.26 Å². The summed E-state index contributed by atoms with van der Waals surface area (Å²) in [5.41, 5.74) is 0.705. The lowest BCUT2D eigenvalue weighted by Crippen LogP contribution is -2.36. The number of carbonyl (C=O) groups excluding carboxylic acids is 2. The summed E-state index contributed by atoms with van der Waals surface area (Å²) in [5, 5.41) is 8.79. The number of para-hydroxylation sites is 1. The zero-order valence-electron chi connectivity index (χ0n) is 13.4. The molecule has 3 atom stereocenters. The molecule has 5 heteroatoms. The van der Waals surface area contributed by atoms with Crippen molar-refractivity contribution < 1.29 is 14.3 Å². The lowest BCUT2D eigenvalue weighted by molar-refractivity contribution is -0.152. The quantitative estimate of drug-likeness (QED) is 0.596. The molecule has 0 aliphatic heterocycles. The van der Waals surface area contributed by atoms with Gasteiger partial charge in [-0.25, -0.2) is 0 Å². The fourth-order valence-corrected chi connectivity index (χ4v) is 3.54. The van der Waals surface area contributed by atoms with Gasteiger partial charge in [0.2, 0.25) is 0 Å². The van der Waals surface area contributed by atoms with Crippen molar-refractivity contribution in [3.8, 4) is 6.07 Å². The molecule has 3 rings (SSSR count). The molecule has 24 heavy (non-hydrogen) atoms. The van der Waals surface area contributed by atoms with Crippen LogP contribution in [0.1, 0.15) is 19.3 Å². The van der Waals surface area contributed by atoms with Gasteiger partial charge in [0.05, 0.1) is 18.4 Å². The Kier molecular flexibility index (Phi) is 4.95. The number of fused-ring (bicyclic) bond motifs is 2. The van der Waals surface area contributed by atoms with E-state index in [1.165, 1.54) is 4.90 Å². The van der Waals surface area contributed by atoms with Gasteiger partial charge < -0.3 is 9.64 Å². The van der Waals surface area contributed by atoms with E-state index < -0.39 is 0 Å². The molecule has 5 nitrogen and oxygen atoms in total. The predicted molar refractivity (Wildman–Crippen MR) is 88.8 cm³/mol. The molecular formula is C19H20N2O3. The Bertz CT molecular complexity index is 678. The minimum absolute atomic E-state index is 0.114. The number of amides is 1. The highest BCUT2D eigenvalue weighted by Gasteiger charge is 2.40. The normalized spacial score (nSPS) is 23.7. The van der Waals surface area contributed by atoms with Crippen molar-refractivity contribution >= 4 is 17.6 Å². The number of ether oxygens (including phenoxy) is 1. The van der Waals surface area contributed by atoms with E-state index in [1.54, 1.807) is 12.1 Å². The van der Waals surface area contributed by atoms with E-state index in [9.17, 15) is 9.59 Å². The predicted octanol–water partition coefficient (Wildman–Crippen LogP) is 2.69. The zero-order valence-corrected chi connectivity index (χ0v) is 13.4. The van der Waals surface area contributed by atoms with Gasteiger partial charge in [-0.15, -0.1) is 0 Å². The first-order valence-electron chi connectivity index (χ1n) is 8.26. The molecule has 0 heterocycles. The van der Waals surface area contributed by atoms with Gasteiger partial charge in [0.1, 0.15) is 0 Å². The van der Waals surface area contributed by atoms with E-state index in [0.29, 0.717) is 11.6 Å². The summed E-state index contributed by atoms with van der Waals surface area (Å²) in [6.07, 6.45) is 6.33. The number of rotatable bonds is 6. The van der Waals surface area contributed by atoms with E-state index in [4.69, 9.17) is 10.00 Å². The molecular weight excluding hydrogens is 304 g/mol. The van der Waals surface area contributed by atoms with Gasteiger partial charge in [0.15, 0.2) is 6.61 Å². The first kappa shape index (κ1) is 16.3. The van der Waals surface area contributed by atoms with Gasteiger partial charge in [-0.05, 0) is 36.8 Å². The van der Waals surface area contributed by atoms with Crippen LogP contribution in [0.25, 0.3) is 0 Å². The number of hydrogen-bond donors (Lipinski definition) is 0.